The van der Waals surface area contributed by atoms with Gasteiger partial charge in [-0.15, -0.1) is 0 Å². The molecule has 156 valence electrons. The van der Waals surface area contributed by atoms with Crippen LogP contribution in [0.2, 0.25) is 0 Å². The highest BCUT2D eigenvalue weighted by Gasteiger charge is 2.38. The van der Waals surface area contributed by atoms with Gasteiger partial charge in [0.2, 0.25) is 15.6 Å². The summed E-state index contributed by atoms with van der Waals surface area (Å²) in [5, 5.41) is 1.67. The second-order valence-electron chi connectivity index (χ2n) is 6.34. The third-order valence-electron chi connectivity index (χ3n) is 4.27. The van der Waals surface area contributed by atoms with Crippen LogP contribution >= 0.6 is 0 Å². The van der Waals surface area contributed by atoms with Crippen molar-refractivity contribution in [2.24, 2.45) is 0 Å². The molecular formula is C20H15F3N2O4S. The Morgan fingerprint density at radius 2 is 1.57 bits per heavy atom. The Kier molecular flexibility index (Phi) is 5.53. The summed E-state index contributed by atoms with van der Waals surface area (Å²) < 4.78 is 63.0. The molecule has 0 saturated carbocycles. The number of hydrogen-bond acceptors (Lipinski definition) is 4. The third-order valence-corrected chi connectivity index (χ3v) is 6.23. The summed E-state index contributed by atoms with van der Waals surface area (Å²) >= 11 is 0. The normalized spacial score (nSPS) is 11.9. The number of halogens is 3. The number of carbonyl (C=O) groups excluding carboxylic acids is 2. The molecule has 0 fully saturated rings. The molecule has 1 amide bonds. The largest absolute Gasteiger partial charge is 0.471 e. The van der Waals surface area contributed by atoms with E-state index < -0.39 is 27.7 Å². The molecule has 0 saturated heterocycles. The lowest BCUT2D eigenvalue weighted by atomic mass is 10.1. The van der Waals surface area contributed by atoms with Crippen molar-refractivity contribution in [2.75, 3.05) is 5.32 Å². The Morgan fingerprint density at radius 1 is 0.933 bits per heavy atom. The zero-order valence-corrected chi connectivity index (χ0v) is 16.3. The van der Waals surface area contributed by atoms with E-state index in [4.69, 9.17) is 0 Å². The minimum Gasteiger partial charge on any atom is -0.357 e. The van der Waals surface area contributed by atoms with Gasteiger partial charge in [0.05, 0.1) is 4.90 Å². The first kappa shape index (κ1) is 21.3. The molecule has 0 aliphatic heterocycles. The van der Waals surface area contributed by atoms with Crippen LogP contribution in [0.4, 0.5) is 18.9 Å². The van der Waals surface area contributed by atoms with Crippen LogP contribution in [0.3, 0.4) is 0 Å². The van der Waals surface area contributed by atoms with E-state index >= 15 is 0 Å². The van der Waals surface area contributed by atoms with E-state index in [1.807, 2.05) is 0 Å². The predicted molar refractivity (Wildman–Crippen MR) is 102 cm³/mol. The van der Waals surface area contributed by atoms with Gasteiger partial charge in [-0.2, -0.15) is 13.2 Å². The van der Waals surface area contributed by atoms with Crippen LogP contribution in [0, 0.1) is 6.92 Å². The second kappa shape index (κ2) is 7.79. The quantitative estimate of drug-likeness (QED) is 0.593. The minimum atomic E-state index is -5.04. The SMILES string of the molecule is Cc1ccccc1S(=O)(=O)c1cc[nH]c1C(=O)c1ccc(NC(=O)C(F)(F)F)cc1. The van der Waals surface area contributed by atoms with Crippen molar-refractivity contribution in [1.82, 2.24) is 4.98 Å². The Morgan fingerprint density at radius 3 is 2.17 bits per heavy atom. The third kappa shape index (κ3) is 4.13. The van der Waals surface area contributed by atoms with Crippen LogP contribution in [-0.2, 0) is 14.6 Å². The fourth-order valence-electron chi connectivity index (χ4n) is 2.78. The van der Waals surface area contributed by atoms with E-state index in [0.717, 1.165) is 12.1 Å². The highest BCUT2D eigenvalue weighted by atomic mass is 32.2. The Bertz CT molecular complexity index is 1210. The number of benzene rings is 2. The summed E-state index contributed by atoms with van der Waals surface area (Å²) in [6.07, 6.45) is -3.73. The molecule has 0 radical (unpaired) electrons. The molecule has 1 heterocycles. The fraction of sp³-hybridized carbons (Fsp3) is 0.100. The maximum atomic E-state index is 13.0. The number of aromatic amines is 1. The number of anilines is 1. The first-order chi connectivity index (χ1) is 14.0. The van der Waals surface area contributed by atoms with Gasteiger partial charge in [0, 0.05) is 17.4 Å². The molecule has 10 heteroatoms. The molecule has 0 aliphatic rings. The van der Waals surface area contributed by atoms with Gasteiger partial charge in [0.1, 0.15) is 10.6 Å². The van der Waals surface area contributed by atoms with Crippen molar-refractivity contribution >= 4 is 27.2 Å². The van der Waals surface area contributed by atoms with Crippen molar-refractivity contribution in [3.63, 3.8) is 0 Å². The molecule has 6 nitrogen and oxygen atoms in total. The number of hydrogen-bond donors (Lipinski definition) is 2. The lowest BCUT2D eigenvalue weighted by Crippen LogP contribution is -2.29. The molecule has 0 unspecified atom stereocenters. The second-order valence-corrected chi connectivity index (χ2v) is 8.23. The number of H-pyrrole nitrogens is 1. The lowest BCUT2D eigenvalue weighted by molar-refractivity contribution is -0.167. The molecule has 0 spiro atoms. The predicted octanol–water partition coefficient (Wildman–Crippen LogP) is 3.89. The number of alkyl halides is 3. The Labute approximate surface area is 169 Å². The van der Waals surface area contributed by atoms with Gasteiger partial charge >= 0.3 is 12.1 Å². The minimum absolute atomic E-state index is 0.0312. The topological polar surface area (TPSA) is 96.1 Å². The molecule has 2 aromatic carbocycles. The molecule has 1 aromatic heterocycles. The summed E-state index contributed by atoms with van der Waals surface area (Å²) in [6, 6.07) is 12.2. The van der Waals surface area contributed by atoms with Crippen LogP contribution in [0.5, 0.6) is 0 Å². The zero-order chi connectivity index (χ0) is 22.1. The van der Waals surface area contributed by atoms with Crippen LogP contribution in [0.25, 0.3) is 0 Å². The summed E-state index contributed by atoms with van der Waals surface area (Å²) in [5.41, 5.74) is 0.212. The van der Waals surface area contributed by atoms with E-state index in [2.05, 4.69) is 4.98 Å². The highest BCUT2D eigenvalue weighted by molar-refractivity contribution is 7.91. The monoisotopic (exact) mass is 436 g/mol. The van der Waals surface area contributed by atoms with Gasteiger partial charge in [0.25, 0.3) is 0 Å². The average molecular weight is 436 g/mol. The number of ketones is 1. The Balaban J connectivity index is 1.90. The van der Waals surface area contributed by atoms with E-state index in [1.54, 1.807) is 30.4 Å². The number of rotatable bonds is 5. The maximum Gasteiger partial charge on any atom is 0.471 e. The summed E-state index contributed by atoms with van der Waals surface area (Å²) in [4.78, 5) is 26.3. The van der Waals surface area contributed by atoms with E-state index in [0.29, 0.717) is 5.56 Å². The van der Waals surface area contributed by atoms with Gasteiger partial charge in [-0.3, -0.25) is 9.59 Å². The number of aryl methyl sites for hydroxylation is 1. The standard InChI is InChI=1S/C20H15F3N2O4S/c1-12-4-2-3-5-15(12)30(28,29)16-10-11-24-17(16)18(26)13-6-8-14(9-7-13)25-19(27)20(21,22)23/h2-11,24H,1H3,(H,25,27). The van der Waals surface area contributed by atoms with Gasteiger partial charge in [0.15, 0.2) is 0 Å². The van der Waals surface area contributed by atoms with Gasteiger partial charge in [-0.1, -0.05) is 18.2 Å². The maximum absolute atomic E-state index is 13.0. The molecule has 30 heavy (non-hydrogen) atoms. The molecule has 0 aliphatic carbocycles. The van der Waals surface area contributed by atoms with Crippen molar-refractivity contribution in [3.8, 4) is 0 Å². The molecule has 0 atom stereocenters. The zero-order valence-electron chi connectivity index (χ0n) is 15.4. The van der Waals surface area contributed by atoms with Crippen LogP contribution in [0.15, 0.2) is 70.6 Å². The number of amides is 1. The number of aromatic nitrogens is 1. The molecule has 3 rings (SSSR count). The smallest absolute Gasteiger partial charge is 0.357 e. The van der Waals surface area contributed by atoms with Crippen LogP contribution in [-0.4, -0.2) is 31.3 Å². The van der Waals surface area contributed by atoms with Gasteiger partial charge < -0.3 is 10.3 Å². The fourth-order valence-corrected chi connectivity index (χ4v) is 4.44. The van der Waals surface area contributed by atoms with E-state index in [1.165, 1.54) is 30.5 Å². The van der Waals surface area contributed by atoms with Crippen molar-refractivity contribution in [2.45, 2.75) is 22.9 Å². The summed E-state index contributed by atoms with van der Waals surface area (Å²) in [6.45, 7) is 1.63. The van der Waals surface area contributed by atoms with Gasteiger partial charge in [-0.25, -0.2) is 8.42 Å². The number of carbonyl (C=O) groups is 2. The van der Waals surface area contributed by atoms with Crippen molar-refractivity contribution in [1.29, 1.82) is 0 Å². The van der Waals surface area contributed by atoms with Crippen LogP contribution < -0.4 is 5.32 Å². The van der Waals surface area contributed by atoms with Crippen molar-refractivity contribution in [3.05, 3.63) is 77.6 Å². The molecular weight excluding hydrogens is 421 g/mol. The summed E-state index contributed by atoms with van der Waals surface area (Å²) in [5.74, 6) is -2.81. The molecule has 3 aromatic rings. The average Bonchev–Trinajstić information content (AvgIpc) is 3.18. The number of nitrogens with one attached hydrogen (secondary N) is 2. The lowest BCUT2D eigenvalue weighted by Gasteiger charge is -2.10. The highest BCUT2D eigenvalue weighted by Crippen LogP contribution is 2.27. The summed E-state index contributed by atoms with van der Waals surface area (Å²) in [7, 11) is -3.98. The first-order valence-corrected chi connectivity index (χ1v) is 10.0. The first-order valence-electron chi connectivity index (χ1n) is 8.53. The van der Waals surface area contributed by atoms with Gasteiger partial charge in [-0.05, 0) is 48.9 Å². The molecule has 0 bridgehead atoms. The molecule has 2 N–H and O–H groups in total. The van der Waals surface area contributed by atoms with Crippen LogP contribution in [0.1, 0.15) is 21.6 Å². The van der Waals surface area contributed by atoms with E-state index in [9.17, 15) is 31.2 Å². The Hall–Kier alpha value is -3.40. The van der Waals surface area contributed by atoms with E-state index in [-0.39, 0.29) is 26.7 Å². The van der Waals surface area contributed by atoms with Crippen molar-refractivity contribution < 1.29 is 31.2 Å². The number of sulfone groups is 1.